The molecule has 0 spiro atoms. The van der Waals surface area contributed by atoms with E-state index in [-0.39, 0.29) is 5.75 Å². The Morgan fingerprint density at radius 1 is 1.50 bits per heavy atom. The highest BCUT2D eigenvalue weighted by Crippen LogP contribution is 2.42. The quantitative estimate of drug-likeness (QED) is 0.622. The molecule has 1 aliphatic rings. The molecule has 0 aliphatic heterocycles. The lowest BCUT2D eigenvalue weighted by Gasteiger charge is -1.91. The van der Waals surface area contributed by atoms with E-state index in [4.69, 9.17) is 10.7 Å². The Labute approximate surface area is 66.0 Å². The van der Waals surface area contributed by atoms with Gasteiger partial charge in [-0.2, -0.15) is 0 Å². The third kappa shape index (κ3) is 2.46. The van der Waals surface area contributed by atoms with Gasteiger partial charge in [0.25, 0.3) is 0 Å². The van der Waals surface area contributed by atoms with Crippen LogP contribution in [0.4, 0.5) is 0 Å². The first-order valence-electron chi connectivity index (χ1n) is 3.45. The smallest absolute Gasteiger partial charge is 0.212 e. The fourth-order valence-corrected chi connectivity index (χ4v) is 2.68. The lowest BCUT2D eigenvalue weighted by Crippen LogP contribution is -2.00. The first-order chi connectivity index (χ1) is 4.53. The van der Waals surface area contributed by atoms with Gasteiger partial charge in [-0.25, -0.2) is 8.42 Å². The fraction of sp³-hybridized carbons (Fsp3) is 1.00. The Balaban J connectivity index is 2.31. The largest absolute Gasteiger partial charge is 0.232 e. The normalized spacial score (nSPS) is 32.2. The molecule has 0 N–H and O–H groups in total. The van der Waals surface area contributed by atoms with Crippen molar-refractivity contribution in [2.24, 2.45) is 11.8 Å². The highest BCUT2D eigenvalue weighted by molar-refractivity contribution is 8.13. The first-order valence-corrected chi connectivity index (χ1v) is 5.93. The zero-order chi connectivity index (χ0) is 7.78. The predicted octanol–water partition coefficient (Wildman–Crippen LogP) is 1.60. The summed E-state index contributed by atoms with van der Waals surface area (Å²) in [7, 11) is 1.83. The van der Waals surface area contributed by atoms with Crippen LogP contribution in [-0.4, -0.2) is 14.2 Å². The number of hydrogen-bond donors (Lipinski definition) is 0. The molecular formula is C6H11ClO2S. The van der Waals surface area contributed by atoms with Gasteiger partial charge in [-0.15, -0.1) is 0 Å². The van der Waals surface area contributed by atoms with Gasteiger partial charge in [-0.3, -0.25) is 0 Å². The number of rotatable bonds is 3. The van der Waals surface area contributed by atoms with Crippen molar-refractivity contribution < 1.29 is 8.42 Å². The Kier molecular flexibility index (Phi) is 2.25. The molecule has 4 heteroatoms. The minimum absolute atomic E-state index is 0.174. The molecule has 0 heterocycles. The Morgan fingerprint density at radius 2 is 2.10 bits per heavy atom. The maximum atomic E-state index is 10.5. The van der Waals surface area contributed by atoms with Gasteiger partial charge >= 0.3 is 0 Å². The van der Waals surface area contributed by atoms with E-state index in [1.165, 1.54) is 0 Å². The third-order valence-corrected chi connectivity index (χ3v) is 3.21. The van der Waals surface area contributed by atoms with Gasteiger partial charge in [0.2, 0.25) is 9.05 Å². The molecule has 0 aromatic carbocycles. The van der Waals surface area contributed by atoms with E-state index in [2.05, 4.69) is 6.92 Å². The van der Waals surface area contributed by atoms with Crippen molar-refractivity contribution in [1.29, 1.82) is 0 Å². The monoisotopic (exact) mass is 182 g/mol. The van der Waals surface area contributed by atoms with Gasteiger partial charge in [0, 0.05) is 10.7 Å². The number of hydrogen-bond acceptors (Lipinski definition) is 2. The van der Waals surface area contributed by atoms with E-state index in [0.717, 1.165) is 12.8 Å². The molecule has 1 fully saturated rings. The highest BCUT2D eigenvalue weighted by atomic mass is 35.7. The van der Waals surface area contributed by atoms with Crippen molar-refractivity contribution in [3.8, 4) is 0 Å². The molecule has 1 saturated carbocycles. The van der Waals surface area contributed by atoms with Crippen molar-refractivity contribution in [2.45, 2.75) is 19.8 Å². The van der Waals surface area contributed by atoms with Crippen molar-refractivity contribution in [2.75, 3.05) is 5.75 Å². The lowest BCUT2D eigenvalue weighted by atomic mass is 10.3. The van der Waals surface area contributed by atoms with E-state index in [0.29, 0.717) is 11.8 Å². The van der Waals surface area contributed by atoms with E-state index < -0.39 is 9.05 Å². The van der Waals surface area contributed by atoms with E-state index in [9.17, 15) is 8.42 Å². The summed E-state index contributed by atoms with van der Waals surface area (Å²) >= 11 is 0. The molecule has 0 aromatic heterocycles. The van der Waals surface area contributed by atoms with Crippen LogP contribution in [0.5, 0.6) is 0 Å². The zero-order valence-electron chi connectivity index (χ0n) is 5.88. The summed E-state index contributed by atoms with van der Waals surface area (Å²) in [6, 6.07) is 0. The summed E-state index contributed by atoms with van der Waals surface area (Å²) in [5.41, 5.74) is 0. The summed E-state index contributed by atoms with van der Waals surface area (Å²) in [4.78, 5) is 0. The van der Waals surface area contributed by atoms with Crippen LogP contribution in [0.15, 0.2) is 0 Å². The lowest BCUT2D eigenvalue weighted by molar-refractivity contribution is 0.601. The molecule has 0 bridgehead atoms. The van der Waals surface area contributed by atoms with Crippen molar-refractivity contribution in [1.82, 2.24) is 0 Å². The van der Waals surface area contributed by atoms with Crippen molar-refractivity contribution in [3.05, 3.63) is 0 Å². The van der Waals surface area contributed by atoms with Crippen LogP contribution in [0.3, 0.4) is 0 Å². The van der Waals surface area contributed by atoms with Crippen LogP contribution < -0.4 is 0 Å². The third-order valence-electron chi connectivity index (χ3n) is 2.01. The molecule has 2 atom stereocenters. The molecular weight excluding hydrogens is 172 g/mol. The molecule has 2 nitrogen and oxygen atoms in total. The van der Waals surface area contributed by atoms with Gasteiger partial charge in [0.15, 0.2) is 0 Å². The molecule has 60 valence electrons. The van der Waals surface area contributed by atoms with Gasteiger partial charge in [-0.05, 0) is 18.3 Å². The maximum Gasteiger partial charge on any atom is 0.232 e. The second-order valence-corrected chi connectivity index (χ2v) is 5.69. The molecule has 0 aromatic rings. The van der Waals surface area contributed by atoms with E-state index in [1.807, 2.05) is 0 Å². The van der Waals surface area contributed by atoms with Crippen LogP contribution in [0, 0.1) is 11.8 Å². The second-order valence-electron chi connectivity index (χ2n) is 2.87. The number of halogens is 1. The Morgan fingerprint density at radius 3 is 2.40 bits per heavy atom. The predicted molar refractivity (Wildman–Crippen MR) is 41.5 cm³/mol. The zero-order valence-corrected chi connectivity index (χ0v) is 7.45. The fourth-order valence-electron chi connectivity index (χ4n) is 1.27. The van der Waals surface area contributed by atoms with Gasteiger partial charge in [0.05, 0.1) is 5.75 Å². The summed E-state index contributed by atoms with van der Waals surface area (Å²) in [5, 5.41) is 0. The summed E-state index contributed by atoms with van der Waals surface area (Å²) < 4.78 is 21.0. The van der Waals surface area contributed by atoms with Gasteiger partial charge < -0.3 is 0 Å². The van der Waals surface area contributed by atoms with Crippen LogP contribution in [0.1, 0.15) is 19.8 Å². The molecule has 0 unspecified atom stereocenters. The highest BCUT2D eigenvalue weighted by Gasteiger charge is 2.37. The average molecular weight is 183 g/mol. The van der Waals surface area contributed by atoms with Crippen LogP contribution >= 0.6 is 10.7 Å². The van der Waals surface area contributed by atoms with Crippen LogP contribution in [0.2, 0.25) is 0 Å². The summed E-state index contributed by atoms with van der Waals surface area (Å²) in [6.07, 6.45) is 2.12. The Bertz CT molecular complexity index is 210. The topological polar surface area (TPSA) is 34.1 Å². The molecule has 10 heavy (non-hydrogen) atoms. The first kappa shape index (κ1) is 8.34. The van der Waals surface area contributed by atoms with Crippen LogP contribution in [0.25, 0.3) is 0 Å². The molecule has 1 aliphatic carbocycles. The van der Waals surface area contributed by atoms with Crippen molar-refractivity contribution in [3.63, 3.8) is 0 Å². The van der Waals surface area contributed by atoms with Crippen LogP contribution in [-0.2, 0) is 9.05 Å². The SMILES string of the molecule is CC[C@@H]1C[C@H]1CS(=O)(=O)Cl. The van der Waals surface area contributed by atoms with Crippen molar-refractivity contribution >= 4 is 19.7 Å². The maximum absolute atomic E-state index is 10.5. The summed E-state index contributed by atoms with van der Waals surface area (Å²) in [6.45, 7) is 2.07. The molecule has 1 rings (SSSR count). The van der Waals surface area contributed by atoms with E-state index >= 15 is 0 Å². The molecule has 0 amide bonds. The summed E-state index contributed by atoms with van der Waals surface area (Å²) in [5.74, 6) is 1.15. The minimum Gasteiger partial charge on any atom is -0.212 e. The average Bonchev–Trinajstić information content (AvgIpc) is 2.42. The van der Waals surface area contributed by atoms with E-state index in [1.54, 1.807) is 0 Å². The molecule has 0 saturated heterocycles. The van der Waals surface area contributed by atoms with Gasteiger partial charge in [0.1, 0.15) is 0 Å². The standard InChI is InChI=1S/C6H11ClO2S/c1-2-5-3-6(5)4-10(7,8)9/h5-6H,2-4H2,1H3/t5-,6+/m1/s1. The molecule has 0 radical (unpaired) electrons. The minimum atomic E-state index is -3.23. The second kappa shape index (κ2) is 2.70. The Hall–Kier alpha value is 0.240. The van der Waals surface area contributed by atoms with Gasteiger partial charge in [-0.1, -0.05) is 13.3 Å².